The Bertz CT molecular complexity index is 864. The van der Waals surface area contributed by atoms with Crippen LogP contribution in [-0.4, -0.2) is 50.0 Å². The van der Waals surface area contributed by atoms with Crippen molar-refractivity contribution in [1.29, 1.82) is 0 Å². The van der Waals surface area contributed by atoms with Gasteiger partial charge in [-0.15, -0.1) is 5.10 Å². The van der Waals surface area contributed by atoms with Crippen molar-refractivity contribution in [3.05, 3.63) is 34.6 Å². The maximum absolute atomic E-state index is 12.5. The van der Waals surface area contributed by atoms with E-state index in [1.807, 2.05) is 0 Å². The molecule has 8 nitrogen and oxygen atoms in total. The molecule has 138 valence electrons. The second-order valence-electron chi connectivity index (χ2n) is 6.67. The van der Waals surface area contributed by atoms with Gasteiger partial charge in [0.25, 0.3) is 5.56 Å². The van der Waals surface area contributed by atoms with Crippen molar-refractivity contribution in [2.45, 2.75) is 38.6 Å². The fourth-order valence-corrected chi connectivity index (χ4v) is 3.38. The zero-order valence-electron chi connectivity index (χ0n) is 14.5. The van der Waals surface area contributed by atoms with Gasteiger partial charge < -0.3 is 10.0 Å². The summed E-state index contributed by atoms with van der Waals surface area (Å²) < 4.78 is 1.23. The number of aryl methyl sites for hydroxylation is 1. The molecule has 26 heavy (non-hydrogen) atoms. The average molecular weight is 358 g/mol. The van der Waals surface area contributed by atoms with Crippen molar-refractivity contribution in [2.24, 2.45) is 5.92 Å². The maximum Gasteiger partial charge on any atom is 0.303 e. The molecule has 1 aliphatic rings. The smallest absolute Gasteiger partial charge is 0.303 e. The van der Waals surface area contributed by atoms with E-state index in [9.17, 15) is 14.4 Å². The van der Waals surface area contributed by atoms with Gasteiger partial charge in [0, 0.05) is 25.9 Å². The third-order valence-electron chi connectivity index (χ3n) is 4.80. The molecule has 1 fully saturated rings. The monoisotopic (exact) mass is 358 g/mol. The Balaban J connectivity index is 1.59. The molecule has 0 saturated carbocycles. The number of carboxylic acids is 1. The molecule has 1 atom stereocenters. The lowest BCUT2D eigenvalue weighted by molar-refractivity contribution is -0.137. The van der Waals surface area contributed by atoms with E-state index in [-0.39, 0.29) is 36.8 Å². The number of benzene rings is 1. The summed E-state index contributed by atoms with van der Waals surface area (Å²) in [6.07, 6.45) is 2.74. The van der Waals surface area contributed by atoms with Gasteiger partial charge in [0.05, 0.1) is 11.9 Å². The third-order valence-corrected chi connectivity index (χ3v) is 4.80. The first-order valence-corrected chi connectivity index (χ1v) is 8.86. The van der Waals surface area contributed by atoms with Crippen LogP contribution in [0.5, 0.6) is 0 Å². The van der Waals surface area contributed by atoms with E-state index in [4.69, 9.17) is 5.11 Å². The van der Waals surface area contributed by atoms with Crippen molar-refractivity contribution in [1.82, 2.24) is 19.9 Å². The molecule has 1 aromatic heterocycles. The van der Waals surface area contributed by atoms with Gasteiger partial charge in [-0.1, -0.05) is 17.3 Å². The summed E-state index contributed by atoms with van der Waals surface area (Å²) in [5, 5.41) is 17.2. The van der Waals surface area contributed by atoms with Gasteiger partial charge in [0.2, 0.25) is 5.91 Å². The van der Waals surface area contributed by atoms with Crippen LogP contribution in [0.1, 0.15) is 32.1 Å². The fraction of sp³-hybridized carbons (Fsp3) is 0.500. The van der Waals surface area contributed by atoms with E-state index in [0.29, 0.717) is 30.4 Å². The van der Waals surface area contributed by atoms with E-state index in [1.165, 1.54) is 4.68 Å². The number of aromatic nitrogens is 3. The number of likely N-dealkylation sites (tertiary alicyclic amines) is 1. The largest absolute Gasteiger partial charge is 0.481 e. The third kappa shape index (κ3) is 4.25. The minimum Gasteiger partial charge on any atom is -0.481 e. The topological polar surface area (TPSA) is 105 Å². The van der Waals surface area contributed by atoms with Crippen LogP contribution in [0.3, 0.4) is 0 Å². The number of carboxylic acid groups (broad SMARTS) is 1. The standard InChI is InChI=1S/C18H22N4O4/c23-16(21-10-3-4-13(12-21)7-8-17(24)25)9-11-22-18(26)14-5-1-2-6-15(14)19-20-22/h1-2,5-6,13H,3-4,7-12H2,(H,24,25). The Morgan fingerprint density at radius 3 is 2.85 bits per heavy atom. The molecule has 1 saturated heterocycles. The predicted octanol–water partition coefficient (Wildman–Crippen LogP) is 1.28. The molecule has 1 aliphatic heterocycles. The molecule has 0 spiro atoms. The second-order valence-corrected chi connectivity index (χ2v) is 6.67. The molecule has 0 aliphatic carbocycles. The molecular formula is C18H22N4O4. The van der Waals surface area contributed by atoms with Crippen LogP contribution in [0.25, 0.3) is 10.9 Å². The van der Waals surface area contributed by atoms with Crippen molar-refractivity contribution in [3.8, 4) is 0 Å². The van der Waals surface area contributed by atoms with E-state index >= 15 is 0 Å². The Labute approximate surface area is 150 Å². The number of carbonyl (C=O) groups is 2. The summed E-state index contributed by atoms with van der Waals surface area (Å²) in [5.41, 5.74) is 0.291. The SMILES string of the molecule is O=C(O)CCC1CCCN(C(=O)CCn2nnc3ccccc3c2=O)C1. The summed E-state index contributed by atoms with van der Waals surface area (Å²) in [6, 6.07) is 6.99. The first-order valence-electron chi connectivity index (χ1n) is 8.86. The van der Waals surface area contributed by atoms with Gasteiger partial charge in [-0.2, -0.15) is 0 Å². The molecule has 3 rings (SSSR count). The van der Waals surface area contributed by atoms with Crippen LogP contribution in [0.2, 0.25) is 0 Å². The van der Waals surface area contributed by atoms with Gasteiger partial charge in [-0.3, -0.25) is 14.4 Å². The summed E-state index contributed by atoms with van der Waals surface area (Å²) in [5.74, 6) is -0.610. The Morgan fingerprint density at radius 2 is 2.04 bits per heavy atom. The van der Waals surface area contributed by atoms with Gasteiger partial charge in [-0.05, 0) is 37.3 Å². The first-order chi connectivity index (χ1) is 12.5. The number of hydrogen-bond acceptors (Lipinski definition) is 5. The lowest BCUT2D eigenvalue weighted by Gasteiger charge is -2.32. The molecule has 0 radical (unpaired) electrons. The summed E-state index contributed by atoms with van der Waals surface area (Å²) in [6.45, 7) is 1.46. The van der Waals surface area contributed by atoms with E-state index in [0.717, 1.165) is 12.8 Å². The molecule has 0 bridgehead atoms. The minimum atomic E-state index is -0.803. The number of rotatable bonds is 6. The highest BCUT2D eigenvalue weighted by Crippen LogP contribution is 2.21. The van der Waals surface area contributed by atoms with Gasteiger partial charge in [0.15, 0.2) is 0 Å². The number of nitrogens with zero attached hydrogens (tertiary/aromatic N) is 4. The molecule has 8 heteroatoms. The Kier molecular flexibility index (Phi) is 5.60. The van der Waals surface area contributed by atoms with Gasteiger partial charge in [0.1, 0.15) is 5.52 Å². The predicted molar refractivity (Wildman–Crippen MR) is 94.6 cm³/mol. The second kappa shape index (κ2) is 8.07. The molecule has 2 heterocycles. The highest BCUT2D eigenvalue weighted by atomic mass is 16.4. The fourth-order valence-electron chi connectivity index (χ4n) is 3.38. The van der Waals surface area contributed by atoms with Crippen molar-refractivity contribution in [2.75, 3.05) is 13.1 Å². The molecule has 2 aromatic rings. The van der Waals surface area contributed by atoms with E-state index in [2.05, 4.69) is 10.3 Å². The molecule has 1 aromatic carbocycles. The average Bonchev–Trinajstić information content (AvgIpc) is 2.66. The van der Waals surface area contributed by atoms with Crippen LogP contribution in [0.15, 0.2) is 29.1 Å². The van der Waals surface area contributed by atoms with Crippen LogP contribution >= 0.6 is 0 Å². The Hall–Kier alpha value is -2.77. The molecular weight excluding hydrogens is 336 g/mol. The van der Waals surface area contributed by atoms with Crippen LogP contribution in [-0.2, 0) is 16.1 Å². The quantitative estimate of drug-likeness (QED) is 0.834. The van der Waals surface area contributed by atoms with Crippen molar-refractivity contribution in [3.63, 3.8) is 0 Å². The zero-order valence-corrected chi connectivity index (χ0v) is 14.5. The molecule has 1 unspecified atom stereocenters. The number of carbonyl (C=O) groups excluding carboxylic acids is 1. The van der Waals surface area contributed by atoms with Crippen LogP contribution in [0.4, 0.5) is 0 Å². The van der Waals surface area contributed by atoms with Gasteiger partial charge in [-0.25, -0.2) is 4.68 Å². The van der Waals surface area contributed by atoms with E-state index in [1.54, 1.807) is 29.2 Å². The highest BCUT2D eigenvalue weighted by molar-refractivity contribution is 5.77. The highest BCUT2D eigenvalue weighted by Gasteiger charge is 2.24. The van der Waals surface area contributed by atoms with Crippen molar-refractivity contribution < 1.29 is 14.7 Å². The zero-order chi connectivity index (χ0) is 18.5. The first kappa shape index (κ1) is 18.0. The van der Waals surface area contributed by atoms with Crippen LogP contribution in [0, 0.1) is 5.92 Å². The normalized spacial score (nSPS) is 17.4. The Morgan fingerprint density at radius 1 is 1.23 bits per heavy atom. The summed E-state index contributed by atoms with van der Waals surface area (Å²) in [4.78, 5) is 37.4. The molecule has 1 N–H and O–H groups in total. The lowest BCUT2D eigenvalue weighted by atomic mass is 9.93. The number of aliphatic carboxylic acids is 1. The summed E-state index contributed by atoms with van der Waals surface area (Å²) >= 11 is 0. The number of piperidine rings is 1. The molecule has 1 amide bonds. The van der Waals surface area contributed by atoms with Gasteiger partial charge >= 0.3 is 5.97 Å². The number of amides is 1. The number of hydrogen-bond donors (Lipinski definition) is 1. The lowest BCUT2D eigenvalue weighted by Crippen LogP contribution is -2.40. The van der Waals surface area contributed by atoms with E-state index < -0.39 is 5.97 Å². The summed E-state index contributed by atoms with van der Waals surface area (Å²) in [7, 11) is 0. The van der Waals surface area contributed by atoms with Crippen LogP contribution < -0.4 is 5.56 Å². The van der Waals surface area contributed by atoms with Crippen molar-refractivity contribution >= 4 is 22.8 Å². The maximum atomic E-state index is 12.5. The minimum absolute atomic E-state index is 0.0353. The number of fused-ring (bicyclic) bond motifs is 1.